The summed E-state index contributed by atoms with van der Waals surface area (Å²) in [4.78, 5) is 12.0. The number of rotatable bonds is 7. The molecule has 6 heteroatoms. The van der Waals surface area contributed by atoms with Crippen LogP contribution in [0.1, 0.15) is 42.8 Å². The Morgan fingerprint density at radius 2 is 2.15 bits per heavy atom. The minimum atomic E-state index is -0.200. The third kappa shape index (κ3) is 4.18. The number of carbonyl (C=O) groups is 1. The van der Waals surface area contributed by atoms with Gasteiger partial charge in [-0.3, -0.25) is 4.79 Å². The van der Waals surface area contributed by atoms with E-state index in [1.165, 1.54) is 0 Å². The first-order chi connectivity index (χ1) is 12.4. The molecule has 1 aliphatic rings. The van der Waals surface area contributed by atoms with Crippen molar-refractivity contribution in [3.8, 4) is 11.5 Å². The molecular formula is C20H26N2O4. The van der Waals surface area contributed by atoms with E-state index in [0.717, 1.165) is 40.5 Å². The first-order valence-electron chi connectivity index (χ1n) is 8.98. The Labute approximate surface area is 153 Å². The van der Waals surface area contributed by atoms with Crippen LogP contribution in [0.3, 0.4) is 0 Å². The number of benzene rings is 1. The van der Waals surface area contributed by atoms with Gasteiger partial charge in [-0.05, 0) is 40.2 Å². The molecule has 3 rings (SSSR count). The minimum Gasteiger partial charge on any atom is -0.488 e. The van der Waals surface area contributed by atoms with Crippen molar-refractivity contribution in [1.29, 1.82) is 0 Å². The maximum Gasteiger partial charge on any atom is 0.220 e. The van der Waals surface area contributed by atoms with Crippen LogP contribution < -0.4 is 14.8 Å². The van der Waals surface area contributed by atoms with Crippen LogP contribution >= 0.6 is 0 Å². The zero-order chi connectivity index (χ0) is 18.7. The lowest BCUT2D eigenvalue weighted by Gasteiger charge is -2.18. The standard InChI is InChI=1S/C20H26N2O4/c1-13-16(14(2)26-22-13)8-9-18(23)21-10-11-24-17-7-5-6-15-12-20(3,4)25-19(15)17/h5-7H,8-12H2,1-4H3,(H,21,23). The molecular weight excluding hydrogens is 332 g/mol. The highest BCUT2D eigenvalue weighted by atomic mass is 16.5. The highest BCUT2D eigenvalue weighted by molar-refractivity contribution is 5.76. The van der Waals surface area contributed by atoms with Gasteiger partial charge in [0.05, 0.1) is 12.2 Å². The van der Waals surface area contributed by atoms with E-state index in [-0.39, 0.29) is 11.5 Å². The predicted octanol–water partition coefficient (Wildman–Crippen LogP) is 3.13. The van der Waals surface area contributed by atoms with Gasteiger partial charge in [0.25, 0.3) is 0 Å². The number of amides is 1. The summed E-state index contributed by atoms with van der Waals surface area (Å²) in [5.74, 6) is 2.32. The molecule has 1 aromatic carbocycles. The second-order valence-corrected chi connectivity index (χ2v) is 7.28. The molecule has 0 unspecified atom stereocenters. The quantitative estimate of drug-likeness (QED) is 0.770. The lowest BCUT2D eigenvalue weighted by atomic mass is 10.0. The molecule has 0 atom stereocenters. The summed E-state index contributed by atoms with van der Waals surface area (Å²) in [6.45, 7) is 8.73. The molecule has 1 aliphatic heterocycles. The monoisotopic (exact) mass is 358 g/mol. The number of aryl methyl sites for hydroxylation is 2. The first kappa shape index (κ1) is 18.3. The van der Waals surface area contributed by atoms with Gasteiger partial charge < -0.3 is 19.3 Å². The van der Waals surface area contributed by atoms with Gasteiger partial charge in [0.1, 0.15) is 18.0 Å². The number of fused-ring (bicyclic) bond motifs is 1. The summed E-state index contributed by atoms with van der Waals surface area (Å²) in [5.41, 5.74) is 2.82. The molecule has 0 radical (unpaired) electrons. The van der Waals surface area contributed by atoms with Crippen molar-refractivity contribution < 1.29 is 18.8 Å². The Bertz CT molecular complexity index is 776. The summed E-state index contributed by atoms with van der Waals surface area (Å²) in [7, 11) is 0. The first-order valence-corrected chi connectivity index (χ1v) is 8.98. The van der Waals surface area contributed by atoms with Crippen molar-refractivity contribution in [3.05, 3.63) is 40.8 Å². The lowest BCUT2D eigenvalue weighted by Crippen LogP contribution is -2.28. The summed E-state index contributed by atoms with van der Waals surface area (Å²) < 4.78 is 16.9. The van der Waals surface area contributed by atoms with Crippen LogP contribution in [0.15, 0.2) is 22.7 Å². The van der Waals surface area contributed by atoms with Crippen LogP contribution in [0.2, 0.25) is 0 Å². The van der Waals surface area contributed by atoms with Gasteiger partial charge in [-0.1, -0.05) is 17.3 Å². The molecule has 0 aliphatic carbocycles. The van der Waals surface area contributed by atoms with E-state index in [9.17, 15) is 4.79 Å². The molecule has 2 heterocycles. The zero-order valence-electron chi connectivity index (χ0n) is 15.8. The van der Waals surface area contributed by atoms with E-state index >= 15 is 0 Å². The van der Waals surface area contributed by atoms with Crippen LogP contribution in [0.5, 0.6) is 11.5 Å². The van der Waals surface area contributed by atoms with E-state index < -0.39 is 0 Å². The van der Waals surface area contributed by atoms with Crippen LogP contribution in [0, 0.1) is 13.8 Å². The maximum atomic E-state index is 12.0. The second-order valence-electron chi connectivity index (χ2n) is 7.28. The van der Waals surface area contributed by atoms with Gasteiger partial charge in [-0.2, -0.15) is 0 Å². The number of aromatic nitrogens is 1. The van der Waals surface area contributed by atoms with E-state index in [1.54, 1.807) is 0 Å². The molecule has 26 heavy (non-hydrogen) atoms. The number of nitrogens with zero attached hydrogens (tertiary/aromatic N) is 1. The summed E-state index contributed by atoms with van der Waals surface area (Å²) in [6, 6.07) is 5.94. The lowest BCUT2D eigenvalue weighted by molar-refractivity contribution is -0.121. The third-order valence-corrected chi connectivity index (χ3v) is 4.52. The molecule has 6 nitrogen and oxygen atoms in total. The molecule has 2 aromatic rings. The average Bonchev–Trinajstić information content (AvgIpc) is 3.07. The largest absolute Gasteiger partial charge is 0.488 e. The smallest absolute Gasteiger partial charge is 0.220 e. The Hall–Kier alpha value is -2.50. The number of carbonyl (C=O) groups excluding carboxylic acids is 1. The summed E-state index contributed by atoms with van der Waals surface area (Å²) in [6.07, 6.45) is 1.90. The third-order valence-electron chi connectivity index (χ3n) is 4.52. The van der Waals surface area contributed by atoms with Crippen LogP contribution in [-0.4, -0.2) is 29.8 Å². The van der Waals surface area contributed by atoms with Gasteiger partial charge in [0.2, 0.25) is 5.91 Å². The van der Waals surface area contributed by atoms with Crippen molar-refractivity contribution >= 4 is 5.91 Å². The molecule has 1 aromatic heterocycles. The fraction of sp³-hybridized carbons (Fsp3) is 0.500. The number of ether oxygens (including phenoxy) is 2. The molecule has 0 fully saturated rings. The Balaban J connectivity index is 1.43. The van der Waals surface area contributed by atoms with E-state index in [1.807, 2.05) is 26.0 Å². The number of nitrogens with one attached hydrogen (secondary N) is 1. The van der Waals surface area contributed by atoms with Gasteiger partial charge in [0.15, 0.2) is 11.5 Å². The molecule has 1 amide bonds. The fourth-order valence-electron chi connectivity index (χ4n) is 3.24. The summed E-state index contributed by atoms with van der Waals surface area (Å²) >= 11 is 0. The molecule has 0 saturated heterocycles. The normalized spacial score (nSPS) is 14.6. The maximum absolute atomic E-state index is 12.0. The number of para-hydroxylation sites is 1. The second kappa shape index (κ2) is 7.40. The fourth-order valence-corrected chi connectivity index (χ4v) is 3.24. The predicted molar refractivity (Wildman–Crippen MR) is 97.7 cm³/mol. The van der Waals surface area contributed by atoms with E-state index in [0.29, 0.717) is 26.0 Å². The minimum absolute atomic E-state index is 0.00993. The number of hydrogen-bond acceptors (Lipinski definition) is 5. The molecule has 0 spiro atoms. The molecule has 140 valence electrons. The Morgan fingerprint density at radius 1 is 1.35 bits per heavy atom. The van der Waals surface area contributed by atoms with Crippen molar-refractivity contribution in [2.24, 2.45) is 0 Å². The van der Waals surface area contributed by atoms with Crippen LogP contribution in [0.25, 0.3) is 0 Å². The topological polar surface area (TPSA) is 73.6 Å². The van der Waals surface area contributed by atoms with Crippen LogP contribution in [-0.2, 0) is 17.6 Å². The van der Waals surface area contributed by atoms with Crippen LogP contribution in [0.4, 0.5) is 0 Å². The number of hydrogen-bond donors (Lipinski definition) is 1. The van der Waals surface area contributed by atoms with Gasteiger partial charge in [0, 0.05) is 24.0 Å². The Kier molecular flexibility index (Phi) is 5.20. The molecule has 0 bridgehead atoms. The zero-order valence-corrected chi connectivity index (χ0v) is 15.8. The molecule has 1 N–H and O–H groups in total. The van der Waals surface area contributed by atoms with Crippen molar-refractivity contribution in [2.75, 3.05) is 13.2 Å². The highest BCUT2D eigenvalue weighted by Gasteiger charge is 2.32. The van der Waals surface area contributed by atoms with E-state index in [4.69, 9.17) is 14.0 Å². The van der Waals surface area contributed by atoms with Crippen molar-refractivity contribution in [3.63, 3.8) is 0 Å². The highest BCUT2D eigenvalue weighted by Crippen LogP contribution is 2.41. The molecule has 0 saturated carbocycles. The van der Waals surface area contributed by atoms with Gasteiger partial charge >= 0.3 is 0 Å². The van der Waals surface area contributed by atoms with Gasteiger partial charge in [-0.25, -0.2) is 0 Å². The SMILES string of the molecule is Cc1noc(C)c1CCC(=O)NCCOc1cccc2c1OC(C)(C)C2. The Morgan fingerprint density at radius 3 is 2.88 bits per heavy atom. The van der Waals surface area contributed by atoms with Crippen molar-refractivity contribution in [1.82, 2.24) is 10.5 Å². The summed E-state index contributed by atoms with van der Waals surface area (Å²) in [5, 5.41) is 6.79. The van der Waals surface area contributed by atoms with Gasteiger partial charge in [-0.15, -0.1) is 0 Å². The van der Waals surface area contributed by atoms with E-state index in [2.05, 4.69) is 30.4 Å². The average molecular weight is 358 g/mol. The van der Waals surface area contributed by atoms with Crippen molar-refractivity contribution in [2.45, 2.75) is 52.6 Å².